The zero-order valence-corrected chi connectivity index (χ0v) is 16.9. The van der Waals surface area contributed by atoms with E-state index in [1.54, 1.807) is 19.2 Å². The number of methoxy groups -OCH3 is 1. The van der Waals surface area contributed by atoms with Crippen LogP contribution in [0.15, 0.2) is 46.9 Å². The zero-order chi connectivity index (χ0) is 18.6. The summed E-state index contributed by atoms with van der Waals surface area (Å²) in [6.07, 6.45) is 1.64. The first-order valence-corrected chi connectivity index (χ1v) is 9.67. The minimum absolute atomic E-state index is 0.183. The monoisotopic (exact) mass is 437 g/mol. The SMILES string of the molecule is COc1ccccc1C1(CNC(=O)c2cc(Br)ccc2Cl)CCOCC1. The first-order chi connectivity index (χ1) is 12.6. The molecule has 1 N–H and O–H groups in total. The van der Waals surface area contributed by atoms with Gasteiger partial charge in [0.25, 0.3) is 5.91 Å². The largest absolute Gasteiger partial charge is 0.496 e. The molecule has 3 rings (SSSR count). The first kappa shape index (κ1) is 19.2. The van der Waals surface area contributed by atoms with Crippen molar-refractivity contribution >= 4 is 33.4 Å². The lowest BCUT2D eigenvalue weighted by atomic mass is 9.73. The van der Waals surface area contributed by atoms with Gasteiger partial charge in [0.15, 0.2) is 0 Å². The van der Waals surface area contributed by atoms with E-state index in [2.05, 4.69) is 27.3 Å². The number of halogens is 2. The van der Waals surface area contributed by atoms with Gasteiger partial charge in [-0.2, -0.15) is 0 Å². The molecule has 2 aromatic carbocycles. The maximum absolute atomic E-state index is 12.7. The fourth-order valence-corrected chi connectivity index (χ4v) is 3.97. The van der Waals surface area contributed by atoms with Gasteiger partial charge in [-0.3, -0.25) is 4.79 Å². The summed E-state index contributed by atoms with van der Waals surface area (Å²) in [5.74, 6) is 0.654. The molecule has 1 aliphatic rings. The molecule has 2 aromatic rings. The molecule has 0 radical (unpaired) electrons. The maximum Gasteiger partial charge on any atom is 0.252 e. The third kappa shape index (κ3) is 4.05. The van der Waals surface area contributed by atoms with Gasteiger partial charge in [-0.1, -0.05) is 45.7 Å². The van der Waals surface area contributed by atoms with Crippen LogP contribution in [0.3, 0.4) is 0 Å². The van der Waals surface area contributed by atoms with Crippen LogP contribution in [-0.2, 0) is 10.2 Å². The van der Waals surface area contributed by atoms with E-state index in [1.807, 2.05) is 24.3 Å². The molecule has 26 heavy (non-hydrogen) atoms. The summed E-state index contributed by atoms with van der Waals surface area (Å²) in [6, 6.07) is 13.2. The van der Waals surface area contributed by atoms with Gasteiger partial charge in [-0.15, -0.1) is 0 Å². The van der Waals surface area contributed by atoms with Crippen LogP contribution in [-0.4, -0.2) is 32.8 Å². The summed E-state index contributed by atoms with van der Waals surface area (Å²) in [7, 11) is 1.67. The predicted octanol–water partition coefficient (Wildman–Crippen LogP) is 4.59. The second-order valence-electron chi connectivity index (χ2n) is 6.40. The fourth-order valence-electron chi connectivity index (χ4n) is 3.40. The van der Waals surface area contributed by atoms with Crippen LogP contribution < -0.4 is 10.1 Å². The van der Waals surface area contributed by atoms with Gasteiger partial charge in [0.05, 0.1) is 17.7 Å². The van der Waals surface area contributed by atoms with Gasteiger partial charge in [-0.05, 0) is 37.1 Å². The van der Waals surface area contributed by atoms with Crippen molar-refractivity contribution in [2.45, 2.75) is 18.3 Å². The number of nitrogens with one attached hydrogen (secondary N) is 1. The molecule has 0 aliphatic carbocycles. The van der Waals surface area contributed by atoms with Gasteiger partial charge in [0.1, 0.15) is 5.75 Å². The Kier molecular flexibility index (Phi) is 6.22. The zero-order valence-electron chi connectivity index (χ0n) is 14.6. The molecule has 4 nitrogen and oxygen atoms in total. The van der Waals surface area contributed by atoms with E-state index in [0.717, 1.165) is 28.6 Å². The Morgan fingerprint density at radius 3 is 2.73 bits per heavy atom. The van der Waals surface area contributed by atoms with Crippen LogP contribution in [0.5, 0.6) is 5.75 Å². The Labute approximate surface area is 167 Å². The number of carbonyl (C=O) groups excluding carboxylic acids is 1. The highest BCUT2D eigenvalue weighted by Crippen LogP contribution is 2.39. The summed E-state index contributed by atoms with van der Waals surface area (Å²) >= 11 is 9.58. The molecule has 0 atom stereocenters. The molecular formula is C20H21BrClNO3. The second-order valence-corrected chi connectivity index (χ2v) is 7.72. The average molecular weight is 439 g/mol. The molecule has 0 saturated carbocycles. The molecule has 1 saturated heterocycles. The van der Waals surface area contributed by atoms with Crippen molar-refractivity contribution in [1.29, 1.82) is 0 Å². The van der Waals surface area contributed by atoms with Crippen molar-refractivity contribution in [3.05, 3.63) is 63.1 Å². The first-order valence-electron chi connectivity index (χ1n) is 8.50. The number of amides is 1. The third-order valence-corrected chi connectivity index (χ3v) is 5.71. The molecule has 1 heterocycles. The van der Waals surface area contributed by atoms with Crippen LogP contribution in [0.25, 0.3) is 0 Å². The Morgan fingerprint density at radius 1 is 1.27 bits per heavy atom. The van der Waals surface area contributed by atoms with E-state index < -0.39 is 0 Å². The quantitative estimate of drug-likeness (QED) is 0.743. The summed E-state index contributed by atoms with van der Waals surface area (Å²) in [5.41, 5.74) is 1.34. The van der Waals surface area contributed by atoms with Crippen molar-refractivity contribution < 1.29 is 14.3 Å². The molecule has 1 aliphatic heterocycles. The van der Waals surface area contributed by atoms with Crippen LogP contribution in [0.1, 0.15) is 28.8 Å². The maximum atomic E-state index is 12.7. The predicted molar refractivity (Wildman–Crippen MR) is 106 cm³/mol. The van der Waals surface area contributed by atoms with Crippen LogP contribution >= 0.6 is 27.5 Å². The van der Waals surface area contributed by atoms with Gasteiger partial charge >= 0.3 is 0 Å². The Bertz CT molecular complexity index is 790. The van der Waals surface area contributed by atoms with Crippen LogP contribution in [0, 0.1) is 0 Å². The highest BCUT2D eigenvalue weighted by Gasteiger charge is 2.37. The lowest BCUT2D eigenvalue weighted by Gasteiger charge is -2.38. The number of ether oxygens (including phenoxy) is 2. The summed E-state index contributed by atoms with van der Waals surface area (Å²) in [5, 5.41) is 3.51. The van der Waals surface area contributed by atoms with Crippen LogP contribution in [0.2, 0.25) is 5.02 Å². The lowest BCUT2D eigenvalue weighted by molar-refractivity contribution is 0.0479. The lowest BCUT2D eigenvalue weighted by Crippen LogP contribution is -2.44. The van der Waals surface area contributed by atoms with E-state index in [-0.39, 0.29) is 11.3 Å². The number of hydrogen-bond acceptors (Lipinski definition) is 3. The summed E-state index contributed by atoms with van der Waals surface area (Å²) in [4.78, 5) is 12.7. The number of hydrogen-bond donors (Lipinski definition) is 1. The number of para-hydroxylation sites is 1. The molecule has 0 aromatic heterocycles. The van der Waals surface area contributed by atoms with Gasteiger partial charge in [0, 0.05) is 35.2 Å². The molecule has 1 amide bonds. The highest BCUT2D eigenvalue weighted by atomic mass is 79.9. The smallest absolute Gasteiger partial charge is 0.252 e. The standard InChI is InChI=1S/C20H21BrClNO3/c1-25-18-5-3-2-4-16(18)20(8-10-26-11-9-20)13-23-19(24)15-12-14(21)6-7-17(15)22/h2-7,12H,8-11,13H2,1H3,(H,23,24). The van der Waals surface area contributed by atoms with Crippen molar-refractivity contribution in [1.82, 2.24) is 5.32 Å². The van der Waals surface area contributed by atoms with E-state index in [1.165, 1.54) is 0 Å². The van der Waals surface area contributed by atoms with Gasteiger partial charge in [0.2, 0.25) is 0 Å². The van der Waals surface area contributed by atoms with E-state index >= 15 is 0 Å². The van der Waals surface area contributed by atoms with E-state index in [0.29, 0.717) is 30.3 Å². The minimum Gasteiger partial charge on any atom is -0.496 e. The normalized spacial score (nSPS) is 16.1. The number of benzene rings is 2. The third-order valence-electron chi connectivity index (χ3n) is 4.89. The average Bonchev–Trinajstić information content (AvgIpc) is 2.68. The van der Waals surface area contributed by atoms with Crippen molar-refractivity contribution in [2.24, 2.45) is 0 Å². The molecule has 0 unspecified atom stereocenters. The molecule has 0 bridgehead atoms. The van der Waals surface area contributed by atoms with Crippen molar-refractivity contribution in [3.63, 3.8) is 0 Å². The van der Waals surface area contributed by atoms with Gasteiger partial charge in [-0.25, -0.2) is 0 Å². The molecule has 138 valence electrons. The van der Waals surface area contributed by atoms with E-state index in [9.17, 15) is 4.79 Å². The van der Waals surface area contributed by atoms with Crippen molar-refractivity contribution in [2.75, 3.05) is 26.9 Å². The molecule has 0 spiro atoms. The Hall–Kier alpha value is -1.56. The highest BCUT2D eigenvalue weighted by molar-refractivity contribution is 9.10. The van der Waals surface area contributed by atoms with Crippen molar-refractivity contribution in [3.8, 4) is 5.75 Å². The Morgan fingerprint density at radius 2 is 2.00 bits per heavy atom. The van der Waals surface area contributed by atoms with E-state index in [4.69, 9.17) is 21.1 Å². The second kappa shape index (κ2) is 8.42. The fraction of sp³-hybridized carbons (Fsp3) is 0.350. The molecule has 1 fully saturated rings. The summed E-state index contributed by atoms with van der Waals surface area (Å²) in [6.45, 7) is 1.82. The minimum atomic E-state index is -0.223. The topological polar surface area (TPSA) is 47.6 Å². The van der Waals surface area contributed by atoms with Crippen LogP contribution in [0.4, 0.5) is 0 Å². The molecule has 6 heteroatoms. The number of carbonyl (C=O) groups is 1. The molecular weight excluding hydrogens is 418 g/mol. The van der Waals surface area contributed by atoms with Gasteiger partial charge < -0.3 is 14.8 Å². The Balaban J connectivity index is 1.85. The summed E-state index contributed by atoms with van der Waals surface area (Å²) < 4.78 is 12.0. The number of rotatable bonds is 5.